The minimum absolute atomic E-state index is 0.0150. The molecule has 0 amide bonds. The van der Waals surface area contributed by atoms with Crippen LogP contribution in [0.4, 0.5) is 10.1 Å². The van der Waals surface area contributed by atoms with E-state index in [2.05, 4.69) is 5.32 Å². The highest BCUT2D eigenvalue weighted by molar-refractivity contribution is 5.68. The fourth-order valence-electron chi connectivity index (χ4n) is 3.11. The molecule has 1 aromatic rings. The number of rotatable bonds is 5. The summed E-state index contributed by atoms with van der Waals surface area (Å²) in [5, 5.41) is 21.2. The van der Waals surface area contributed by atoms with Gasteiger partial charge in [0.1, 0.15) is 17.4 Å². The van der Waals surface area contributed by atoms with Gasteiger partial charge in [0.15, 0.2) is 0 Å². The first-order valence-electron chi connectivity index (χ1n) is 7.21. The van der Waals surface area contributed by atoms with Crippen LogP contribution < -0.4 is 5.32 Å². The maximum Gasteiger partial charge on any atom is 0.303 e. The second-order valence-corrected chi connectivity index (χ2v) is 5.76. The molecule has 4 nitrogen and oxygen atoms in total. The van der Waals surface area contributed by atoms with E-state index in [1.54, 1.807) is 12.1 Å². The number of anilines is 1. The van der Waals surface area contributed by atoms with E-state index in [0.717, 1.165) is 32.1 Å². The molecule has 1 aliphatic carbocycles. The molecule has 0 spiro atoms. The maximum atomic E-state index is 13.6. The lowest BCUT2D eigenvalue weighted by molar-refractivity contribution is -0.140. The number of halogens is 1. The van der Waals surface area contributed by atoms with Gasteiger partial charge >= 0.3 is 5.97 Å². The molecule has 21 heavy (non-hydrogen) atoms. The fraction of sp³-hybridized carbons (Fsp3) is 0.500. The minimum Gasteiger partial charge on any atom is -0.481 e. The zero-order valence-electron chi connectivity index (χ0n) is 11.9. The Hall–Kier alpha value is -2.09. The van der Waals surface area contributed by atoms with E-state index >= 15 is 0 Å². The van der Waals surface area contributed by atoms with Crippen molar-refractivity contribution in [2.75, 3.05) is 11.9 Å². The summed E-state index contributed by atoms with van der Waals surface area (Å²) in [6.07, 6.45) is 4.97. The lowest BCUT2D eigenvalue weighted by atomic mass is 9.71. The number of nitriles is 1. The highest BCUT2D eigenvalue weighted by Gasteiger charge is 2.34. The molecule has 5 heteroatoms. The van der Waals surface area contributed by atoms with Crippen LogP contribution in [0.5, 0.6) is 0 Å². The Labute approximate surface area is 123 Å². The summed E-state index contributed by atoms with van der Waals surface area (Å²) < 4.78 is 13.6. The second kappa shape index (κ2) is 6.57. The van der Waals surface area contributed by atoms with Crippen molar-refractivity contribution in [3.05, 3.63) is 29.6 Å². The van der Waals surface area contributed by atoms with Crippen LogP contribution in [0.2, 0.25) is 0 Å². The van der Waals surface area contributed by atoms with Crippen LogP contribution in [-0.2, 0) is 4.79 Å². The molecule has 0 heterocycles. The summed E-state index contributed by atoms with van der Waals surface area (Å²) >= 11 is 0. The molecule has 1 fully saturated rings. The van der Waals surface area contributed by atoms with Gasteiger partial charge in [0, 0.05) is 6.54 Å². The van der Waals surface area contributed by atoms with Gasteiger partial charge in [0.25, 0.3) is 0 Å². The largest absolute Gasteiger partial charge is 0.481 e. The van der Waals surface area contributed by atoms with Crippen LogP contribution in [0, 0.1) is 22.6 Å². The van der Waals surface area contributed by atoms with E-state index in [9.17, 15) is 9.18 Å². The third-order valence-corrected chi connectivity index (χ3v) is 4.22. The first-order chi connectivity index (χ1) is 10.1. The van der Waals surface area contributed by atoms with Crippen molar-refractivity contribution in [1.29, 1.82) is 5.26 Å². The maximum absolute atomic E-state index is 13.6. The SMILES string of the molecule is N#Cc1c(F)cccc1NCC1(CC(=O)O)CCCCC1. The molecule has 2 N–H and O–H groups in total. The molecule has 0 unspecified atom stereocenters. The van der Waals surface area contributed by atoms with Crippen molar-refractivity contribution >= 4 is 11.7 Å². The lowest BCUT2D eigenvalue weighted by Gasteiger charge is -2.36. The van der Waals surface area contributed by atoms with Gasteiger partial charge in [-0.15, -0.1) is 0 Å². The molecular weight excluding hydrogens is 271 g/mol. The molecule has 0 saturated heterocycles. The zero-order valence-corrected chi connectivity index (χ0v) is 11.9. The minimum atomic E-state index is -0.807. The highest BCUT2D eigenvalue weighted by atomic mass is 19.1. The predicted octanol–water partition coefficient (Wildman–Crippen LogP) is 3.53. The average Bonchev–Trinajstić information content (AvgIpc) is 2.45. The van der Waals surface area contributed by atoms with Crippen LogP contribution in [-0.4, -0.2) is 17.6 Å². The van der Waals surface area contributed by atoms with Gasteiger partial charge in [0.05, 0.1) is 12.1 Å². The summed E-state index contributed by atoms with van der Waals surface area (Å²) in [6.45, 7) is 0.456. The number of carboxylic acids is 1. The van der Waals surface area contributed by atoms with E-state index in [4.69, 9.17) is 10.4 Å². The third kappa shape index (κ3) is 3.72. The van der Waals surface area contributed by atoms with Crippen LogP contribution >= 0.6 is 0 Å². The van der Waals surface area contributed by atoms with Crippen LogP contribution in [0.15, 0.2) is 18.2 Å². The van der Waals surface area contributed by atoms with Crippen LogP contribution in [0.25, 0.3) is 0 Å². The van der Waals surface area contributed by atoms with Gasteiger partial charge in [-0.2, -0.15) is 5.26 Å². The average molecular weight is 290 g/mol. The van der Waals surface area contributed by atoms with E-state index in [1.807, 2.05) is 6.07 Å². The van der Waals surface area contributed by atoms with E-state index in [1.165, 1.54) is 6.07 Å². The molecule has 0 aromatic heterocycles. The second-order valence-electron chi connectivity index (χ2n) is 5.76. The quantitative estimate of drug-likeness (QED) is 0.870. The van der Waals surface area contributed by atoms with Gasteiger partial charge in [-0.05, 0) is 30.4 Å². The highest BCUT2D eigenvalue weighted by Crippen LogP contribution is 2.39. The van der Waals surface area contributed by atoms with Crippen molar-refractivity contribution in [1.82, 2.24) is 0 Å². The van der Waals surface area contributed by atoms with Crippen molar-refractivity contribution in [2.45, 2.75) is 38.5 Å². The molecule has 0 aliphatic heterocycles. The number of carboxylic acid groups (broad SMARTS) is 1. The standard InChI is InChI=1S/C16H19FN2O2/c17-13-5-4-6-14(12(13)10-18)19-11-16(9-15(20)21)7-2-1-3-8-16/h4-6,19H,1-3,7-9,11H2,(H,20,21). The lowest BCUT2D eigenvalue weighted by Crippen LogP contribution is -2.34. The first-order valence-corrected chi connectivity index (χ1v) is 7.21. The molecule has 1 saturated carbocycles. The van der Waals surface area contributed by atoms with Gasteiger partial charge < -0.3 is 10.4 Å². The Morgan fingerprint density at radius 3 is 2.71 bits per heavy atom. The number of hydrogen-bond acceptors (Lipinski definition) is 3. The van der Waals surface area contributed by atoms with Gasteiger partial charge in [0.2, 0.25) is 0 Å². The van der Waals surface area contributed by atoms with Crippen LogP contribution in [0.3, 0.4) is 0 Å². The molecule has 1 aromatic carbocycles. The van der Waals surface area contributed by atoms with Crippen molar-refractivity contribution in [3.8, 4) is 6.07 Å². The summed E-state index contributed by atoms with van der Waals surface area (Å²) in [4.78, 5) is 11.1. The van der Waals surface area contributed by atoms with Crippen molar-refractivity contribution in [2.24, 2.45) is 5.41 Å². The Morgan fingerprint density at radius 2 is 2.10 bits per heavy atom. The zero-order chi connectivity index (χ0) is 15.3. The van der Waals surface area contributed by atoms with Crippen LogP contribution in [0.1, 0.15) is 44.1 Å². The number of nitrogens with zero attached hydrogens (tertiary/aromatic N) is 1. The summed E-state index contributed by atoms with van der Waals surface area (Å²) in [5.74, 6) is -1.36. The van der Waals surface area contributed by atoms with Crippen molar-refractivity contribution < 1.29 is 14.3 Å². The number of aliphatic carboxylic acids is 1. The fourth-order valence-corrected chi connectivity index (χ4v) is 3.11. The molecule has 112 valence electrons. The number of hydrogen-bond donors (Lipinski definition) is 2. The van der Waals surface area contributed by atoms with E-state index in [0.29, 0.717) is 12.2 Å². The predicted molar refractivity (Wildman–Crippen MR) is 77.4 cm³/mol. The summed E-state index contributed by atoms with van der Waals surface area (Å²) in [5.41, 5.74) is 0.120. The summed E-state index contributed by atoms with van der Waals surface area (Å²) in [7, 11) is 0. The molecule has 0 atom stereocenters. The van der Waals surface area contributed by atoms with Gasteiger partial charge in [-0.3, -0.25) is 4.79 Å². The number of carbonyl (C=O) groups is 1. The Bertz CT molecular complexity index is 560. The van der Waals surface area contributed by atoms with E-state index < -0.39 is 11.8 Å². The third-order valence-electron chi connectivity index (χ3n) is 4.22. The molecular formula is C16H19FN2O2. The molecule has 0 radical (unpaired) electrons. The molecule has 1 aliphatic rings. The Balaban J connectivity index is 2.14. The smallest absolute Gasteiger partial charge is 0.303 e. The normalized spacial score (nSPS) is 17.0. The van der Waals surface area contributed by atoms with Gasteiger partial charge in [-0.25, -0.2) is 4.39 Å². The Kier molecular flexibility index (Phi) is 4.79. The first kappa shape index (κ1) is 15.3. The van der Waals surface area contributed by atoms with Crippen molar-refractivity contribution in [3.63, 3.8) is 0 Å². The summed E-state index contributed by atoms with van der Waals surface area (Å²) in [6, 6.07) is 6.30. The number of nitrogens with one attached hydrogen (secondary N) is 1. The molecule has 2 rings (SSSR count). The number of benzene rings is 1. The van der Waals surface area contributed by atoms with Gasteiger partial charge in [-0.1, -0.05) is 25.3 Å². The monoisotopic (exact) mass is 290 g/mol. The molecule has 0 bridgehead atoms. The van der Waals surface area contributed by atoms with E-state index in [-0.39, 0.29) is 17.4 Å². The Morgan fingerprint density at radius 1 is 1.38 bits per heavy atom. The topological polar surface area (TPSA) is 73.1 Å².